The lowest BCUT2D eigenvalue weighted by Gasteiger charge is -2.11. The Labute approximate surface area is 121 Å². The van der Waals surface area contributed by atoms with Crippen LogP contribution in [0, 0.1) is 0 Å². The van der Waals surface area contributed by atoms with Gasteiger partial charge in [-0.05, 0) is 43.0 Å². The Morgan fingerprint density at radius 2 is 2.26 bits per heavy atom. The summed E-state index contributed by atoms with van der Waals surface area (Å²) in [7, 11) is 0. The minimum absolute atomic E-state index is 0.693. The van der Waals surface area contributed by atoms with Crippen LogP contribution in [0.5, 0.6) is 0 Å². The molecule has 2 aromatic rings. The van der Waals surface area contributed by atoms with E-state index in [-0.39, 0.29) is 0 Å². The molecule has 1 fully saturated rings. The first-order valence-corrected chi connectivity index (χ1v) is 7.49. The average Bonchev–Trinajstić information content (AvgIpc) is 3.14. The van der Waals surface area contributed by atoms with Gasteiger partial charge in [-0.1, -0.05) is 28.1 Å². The molecule has 1 saturated carbocycles. The standard InChI is InChI=1S/C14H17BrN4/c1-2-10-7-11(15)3-6-14(10)19-13(9-17-18-19)8-16-12-4-5-12/h3,6-7,9,12,16H,2,4-5,8H2,1H3. The topological polar surface area (TPSA) is 42.7 Å². The highest BCUT2D eigenvalue weighted by molar-refractivity contribution is 9.10. The van der Waals surface area contributed by atoms with Crippen LogP contribution in [0.1, 0.15) is 31.0 Å². The largest absolute Gasteiger partial charge is 0.308 e. The molecular weight excluding hydrogens is 304 g/mol. The summed E-state index contributed by atoms with van der Waals surface area (Å²) in [4.78, 5) is 0. The number of halogens is 1. The highest BCUT2D eigenvalue weighted by Gasteiger charge is 2.21. The van der Waals surface area contributed by atoms with Gasteiger partial charge < -0.3 is 5.32 Å². The maximum absolute atomic E-state index is 4.23. The molecule has 4 nitrogen and oxygen atoms in total. The molecule has 0 amide bonds. The van der Waals surface area contributed by atoms with Crippen molar-refractivity contribution in [2.45, 2.75) is 38.8 Å². The van der Waals surface area contributed by atoms with E-state index in [4.69, 9.17) is 0 Å². The summed E-state index contributed by atoms with van der Waals surface area (Å²) in [5.74, 6) is 0. The zero-order valence-corrected chi connectivity index (χ0v) is 12.5. The van der Waals surface area contributed by atoms with E-state index in [1.807, 2.05) is 16.9 Å². The van der Waals surface area contributed by atoms with Crippen LogP contribution in [0.2, 0.25) is 0 Å². The third kappa shape index (κ3) is 2.87. The predicted octanol–water partition coefficient (Wildman–Crippen LogP) is 2.84. The van der Waals surface area contributed by atoms with Gasteiger partial charge in [-0.25, -0.2) is 4.68 Å². The molecule has 0 saturated heterocycles. The van der Waals surface area contributed by atoms with Crippen LogP contribution in [0.15, 0.2) is 28.9 Å². The molecule has 1 heterocycles. The van der Waals surface area contributed by atoms with E-state index in [2.05, 4.69) is 50.6 Å². The van der Waals surface area contributed by atoms with Crippen molar-refractivity contribution in [3.8, 4) is 5.69 Å². The highest BCUT2D eigenvalue weighted by Crippen LogP contribution is 2.22. The molecule has 19 heavy (non-hydrogen) atoms. The third-order valence-electron chi connectivity index (χ3n) is 3.42. The molecule has 0 atom stereocenters. The second-order valence-electron chi connectivity index (χ2n) is 4.92. The Hall–Kier alpha value is -1.20. The number of nitrogens with zero attached hydrogens (tertiary/aromatic N) is 3. The lowest BCUT2D eigenvalue weighted by atomic mass is 10.1. The van der Waals surface area contributed by atoms with Gasteiger partial charge in [-0.15, -0.1) is 5.10 Å². The summed E-state index contributed by atoms with van der Waals surface area (Å²) >= 11 is 3.52. The molecule has 1 aromatic carbocycles. The van der Waals surface area contributed by atoms with Gasteiger partial charge in [-0.2, -0.15) is 0 Å². The fraction of sp³-hybridized carbons (Fsp3) is 0.429. The van der Waals surface area contributed by atoms with E-state index in [0.717, 1.165) is 28.8 Å². The SMILES string of the molecule is CCc1cc(Br)ccc1-n1nncc1CNC1CC1. The van der Waals surface area contributed by atoms with E-state index in [1.54, 1.807) is 0 Å². The van der Waals surface area contributed by atoms with Gasteiger partial charge in [0, 0.05) is 17.1 Å². The number of hydrogen-bond acceptors (Lipinski definition) is 3. The molecular formula is C14H17BrN4. The number of rotatable bonds is 5. The van der Waals surface area contributed by atoms with Gasteiger partial charge in [-0.3, -0.25) is 0 Å². The van der Waals surface area contributed by atoms with E-state index >= 15 is 0 Å². The van der Waals surface area contributed by atoms with Crippen LogP contribution in [0.25, 0.3) is 5.69 Å². The van der Waals surface area contributed by atoms with Crippen molar-refractivity contribution in [2.24, 2.45) is 0 Å². The zero-order chi connectivity index (χ0) is 13.2. The van der Waals surface area contributed by atoms with Crippen molar-refractivity contribution in [1.29, 1.82) is 0 Å². The van der Waals surface area contributed by atoms with Crippen LogP contribution in [0.4, 0.5) is 0 Å². The monoisotopic (exact) mass is 320 g/mol. The van der Waals surface area contributed by atoms with Crippen LogP contribution in [-0.4, -0.2) is 21.0 Å². The predicted molar refractivity (Wildman–Crippen MR) is 78.3 cm³/mol. The molecule has 1 N–H and O–H groups in total. The van der Waals surface area contributed by atoms with Crippen LogP contribution < -0.4 is 5.32 Å². The van der Waals surface area contributed by atoms with Gasteiger partial charge in [0.1, 0.15) is 0 Å². The maximum atomic E-state index is 4.23. The Morgan fingerprint density at radius 3 is 3.00 bits per heavy atom. The summed E-state index contributed by atoms with van der Waals surface area (Å²) in [6.07, 6.45) is 5.40. The Balaban J connectivity index is 1.90. The van der Waals surface area contributed by atoms with Crippen LogP contribution >= 0.6 is 15.9 Å². The summed E-state index contributed by atoms with van der Waals surface area (Å²) in [6.45, 7) is 2.99. The third-order valence-corrected chi connectivity index (χ3v) is 3.91. The van der Waals surface area contributed by atoms with Crippen molar-refractivity contribution in [3.05, 3.63) is 40.1 Å². The van der Waals surface area contributed by atoms with Gasteiger partial charge in [0.15, 0.2) is 0 Å². The Kier molecular flexibility index (Phi) is 3.66. The Morgan fingerprint density at radius 1 is 1.42 bits per heavy atom. The minimum Gasteiger partial charge on any atom is -0.308 e. The number of nitrogens with one attached hydrogen (secondary N) is 1. The van der Waals surface area contributed by atoms with Crippen molar-refractivity contribution in [1.82, 2.24) is 20.3 Å². The molecule has 5 heteroatoms. The maximum Gasteiger partial charge on any atom is 0.0783 e. The van der Waals surface area contributed by atoms with Gasteiger partial charge in [0.2, 0.25) is 0 Å². The first kappa shape index (κ1) is 12.8. The summed E-state index contributed by atoms with van der Waals surface area (Å²) in [5, 5.41) is 11.8. The fourth-order valence-corrected chi connectivity index (χ4v) is 2.57. The number of benzene rings is 1. The number of aromatic nitrogens is 3. The first-order valence-electron chi connectivity index (χ1n) is 6.69. The molecule has 0 spiro atoms. The second kappa shape index (κ2) is 5.43. The van der Waals surface area contributed by atoms with E-state index in [9.17, 15) is 0 Å². The minimum atomic E-state index is 0.693. The van der Waals surface area contributed by atoms with Crippen LogP contribution in [-0.2, 0) is 13.0 Å². The molecule has 3 rings (SSSR count). The molecule has 1 aliphatic carbocycles. The quantitative estimate of drug-likeness (QED) is 0.921. The fourth-order valence-electron chi connectivity index (χ4n) is 2.16. The summed E-state index contributed by atoms with van der Waals surface area (Å²) in [5.41, 5.74) is 3.51. The van der Waals surface area contributed by atoms with Gasteiger partial charge in [0.05, 0.1) is 17.6 Å². The van der Waals surface area contributed by atoms with E-state index < -0.39 is 0 Å². The van der Waals surface area contributed by atoms with Crippen molar-refractivity contribution in [3.63, 3.8) is 0 Å². The van der Waals surface area contributed by atoms with E-state index in [0.29, 0.717) is 6.04 Å². The van der Waals surface area contributed by atoms with E-state index in [1.165, 1.54) is 18.4 Å². The molecule has 0 bridgehead atoms. The molecule has 0 aliphatic heterocycles. The van der Waals surface area contributed by atoms with Crippen LogP contribution in [0.3, 0.4) is 0 Å². The summed E-state index contributed by atoms with van der Waals surface area (Å²) in [6, 6.07) is 6.99. The number of aryl methyl sites for hydroxylation is 1. The lowest BCUT2D eigenvalue weighted by molar-refractivity contribution is 0.645. The number of hydrogen-bond donors (Lipinski definition) is 1. The molecule has 100 valence electrons. The summed E-state index contributed by atoms with van der Waals surface area (Å²) < 4.78 is 3.05. The van der Waals surface area contributed by atoms with Gasteiger partial charge >= 0.3 is 0 Å². The Bertz CT molecular complexity index is 575. The smallest absolute Gasteiger partial charge is 0.0783 e. The molecule has 0 unspecified atom stereocenters. The molecule has 1 aliphatic rings. The van der Waals surface area contributed by atoms with Gasteiger partial charge in [0.25, 0.3) is 0 Å². The van der Waals surface area contributed by atoms with Crippen molar-refractivity contribution < 1.29 is 0 Å². The molecule has 0 radical (unpaired) electrons. The average molecular weight is 321 g/mol. The first-order chi connectivity index (χ1) is 9.28. The zero-order valence-electron chi connectivity index (χ0n) is 10.9. The second-order valence-corrected chi connectivity index (χ2v) is 5.83. The van der Waals surface area contributed by atoms with Crippen molar-refractivity contribution >= 4 is 15.9 Å². The lowest BCUT2D eigenvalue weighted by Crippen LogP contribution is -2.18. The van der Waals surface area contributed by atoms with Crippen molar-refractivity contribution in [2.75, 3.05) is 0 Å². The highest BCUT2D eigenvalue weighted by atomic mass is 79.9. The normalized spacial score (nSPS) is 14.8. The molecule has 1 aromatic heterocycles.